The number of epoxide rings is 1. The van der Waals surface area contributed by atoms with Crippen molar-refractivity contribution in [3.05, 3.63) is 0 Å². The van der Waals surface area contributed by atoms with Gasteiger partial charge in [-0.2, -0.15) is 8.42 Å². The third-order valence-electron chi connectivity index (χ3n) is 1.75. The molecule has 1 aliphatic rings. The van der Waals surface area contributed by atoms with Crippen LogP contribution in [0.4, 0.5) is 0 Å². The second-order valence-corrected chi connectivity index (χ2v) is 4.96. The zero-order valence-corrected chi connectivity index (χ0v) is 9.60. The minimum absolute atomic E-state index is 0.0545. The highest BCUT2D eigenvalue weighted by atomic mass is 32.2. The molecular formula is C8H14O7S. The zero-order valence-electron chi connectivity index (χ0n) is 8.79. The molecule has 2 unspecified atom stereocenters. The Bertz CT molecular complexity index is 332. The van der Waals surface area contributed by atoms with Gasteiger partial charge in [-0.05, 0) is 6.92 Å². The highest BCUT2D eigenvalue weighted by Crippen LogP contribution is 2.09. The van der Waals surface area contributed by atoms with Gasteiger partial charge in [-0.1, -0.05) is 0 Å². The molecule has 8 heteroatoms. The summed E-state index contributed by atoms with van der Waals surface area (Å²) < 4.78 is 43.7. The average molecular weight is 254 g/mol. The summed E-state index contributed by atoms with van der Waals surface area (Å²) in [6.07, 6.45) is -0.217. The van der Waals surface area contributed by atoms with E-state index in [9.17, 15) is 13.2 Å². The van der Waals surface area contributed by atoms with Crippen molar-refractivity contribution in [2.75, 3.05) is 25.6 Å². The monoisotopic (exact) mass is 254 g/mol. The lowest BCUT2D eigenvalue weighted by atomic mass is 10.4. The fourth-order valence-corrected chi connectivity index (χ4v) is 1.27. The highest BCUT2D eigenvalue weighted by molar-refractivity contribution is 7.86. The predicted octanol–water partition coefficient (Wildman–Crippen LogP) is -0.779. The Kier molecular flexibility index (Phi) is 4.66. The van der Waals surface area contributed by atoms with Crippen LogP contribution in [0.5, 0.6) is 0 Å². The van der Waals surface area contributed by atoms with Crippen LogP contribution in [0.15, 0.2) is 0 Å². The van der Waals surface area contributed by atoms with Crippen LogP contribution in [0.1, 0.15) is 6.92 Å². The first-order valence-corrected chi connectivity index (χ1v) is 6.32. The molecular weight excluding hydrogens is 240 g/mol. The molecule has 0 aromatic heterocycles. The number of hydrogen-bond acceptors (Lipinski definition) is 6. The standard InChI is InChI=1S/C8H14O7S/c1-6(13-3-7-4-14-7)2-15-8(9)5-16(10,11)12/h6-7H,2-5H2,1H3,(H,10,11,12). The molecule has 94 valence electrons. The van der Waals surface area contributed by atoms with Crippen LogP contribution in [0.25, 0.3) is 0 Å². The molecule has 1 heterocycles. The van der Waals surface area contributed by atoms with Gasteiger partial charge < -0.3 is 14.2 Å². The van der Waals surface area contributed by atoms with Crippen LogP contribution >= 0.6 is 0 Å². The Morgan fingerprint density at radius 1 is 1.62 bits per heavy atom. The molecule has 0 bridgehead atoms. The number of esters is 1. The minimum atomic E-state index is -4.32. The summed E-state index contributed by atoms with van der Waals surface area (Å²) in [6, 6.07) is 0. The molecule has 0 saturated carbocycles. The van der Waals surface area contributed by atoms with Crippen molar-refractivity contribution in [1.29, 1.82) is 0 Å². The van der Waals surface area contributed by atoms with Gasteiger partial charge in [0, 0.05) is 0 Å². The van der Waals surface area contributed by atoms with Gasteiger partial charge >= 0.3 is 5.97 Å². The number of hydrogen-bond donors (Lipinski definition) is 1. The maximum atomic E-state index is 10.9. The molecule has 0 spiro atoms. The van der Waals surface area contributed by atoms with E-state index in [4.69, 9.17) is 14.0 Å². The van der Waals surface area contributed by atoms with Crippen molar-refractivity contribution in [2.24, 2.45) is 0 Å². The molecule has 0 amide bonds. The second kappa shape index (κ2) is 5.58. The summed E-state index contributed by atoms with van der Waals surface area (Å²) in [5, 5.41) is 0. The molecule has 1 saturated heterocycles. The highest BCUT2D eigenvalue weighted by Gasteiger charge is 2.23. The number of rotatable bonds is 7. The van der Waals surface area contributed by atoms with E-state index in [0.717, 1.165) is 0 Å². The Morgan fingerprint density at radius 2 is 2.25 bits per heavy atom. The smallest absolute Gasteiger partial charge is 0.323 e. The maximum absolute atomic E-state index is 10.9. The van der Waals surface area contributed by atoms with E-state index in [-0.39, 0.29) is 18.8 Å². The van der Waals surface area contributed by atoms with Crippen LogP contribution in [-0.4, -0.2) is 56.7 Å². The van der Waals surface area contributed by atoms with Gasteiger partial charge in [0.05, 0.1) is 19.3 Å². The molecule has 1 rings (SSSR count). The van der Waals surface area contributed by atoms with Crippen molar-refractivity contribution in [1.82, 2.24) is 0 Å². The number of ether oxygens (including phenoxy) is 3. The lowest BCUT2D eigenvalue weighted by Gasteiger charge is -2.12. The lowest BCUT2D eigenvalue weighted by Crippen LogP contribution is -2.24. The first kappa shape index (κ1) is 13.4. The fourth-order valence-electron chi connectivity index (χ4n) is 0.885. The molecule has 0 radical (unpaired) electrons. The average Bonchev–Trinajstić information content (AvgIpc) is 2.92. The maximum Gasteiger partial charge on any atom is 0.323 e. The largest absolute Gasteiger partial charge is 0.462 e. The molecule has 0 aromatic carbocycles. The summed E-state index contributed by atoms with van der Waals surface area (Å²) in [5.41, 5.74) is 0. The molecule has 0 aliphatic carbocycles. The normalized spacial score (nSPS) is 21.5. The molecule has 7 nitrogen and oxygen atoms in total. The Hall–Kier alpha value is -0.700. The van der Waals surface area contributed by atoms with E-state index in [1.165, 1.54) is 0 Å². The Balaban J connectivity index is 2.09. The quantitative estimate of drug-likeness (QED) is 0.361. The van der Waals surface area contributed by atoms with E-state index < -0.39 is 21.8 Å². The molecule has 1 aliphatic heterocycles. The minimum Gasteiger partial charge on any atom is -0.462 e. The van der Waals surface area contributed by atoms with E-state index in [1.807, 2.05) is 0 Å². The molecule has 16 heavy (non-hydrogen) atoms. The third-order valence-corrected chi connectivity index (χ3v) is 2.35. The summed E-state index contributed by atoms with van der Waals surface area (Å²) in [6.45, 7) is 2.73. The topological polar surface area (TPSA) is 102 Å². The van der Waals surface area contributed by atoms with Gasteiger partial charge in [-0.3, -0.25) is 9.35 Å². The summed E-state index contributed by atoms with van der Waals surface area (Å²) in [4.78, 5) is 10.9. The van der Waals surface area contributed by atoms with Crippen LogP contribution in [-0.2, 0) is 29.1 Å². The lowest BCUT2D eigenvalue weighted by molar-refractivity contribution is -0.144. The second-order valence-electron chi connectivity index (χ2n) is 3.51. The fraction of sp³-hybridized carbons (Fsp3) is 0.875. The molecule has 0 aromatic rings. The summed E-state index contributed by atoms with van der Waals surface area (Å²) >= 11 is 0. The van der Waals surface area contributed by atoms with Crippen LogP contribution in [0, 0.1) is 0 Å². The third kappa shape index (κ3) is 6.72. The van der Waals surface area contributed by atoms with E-state index >= 15 is 0 Å². The molecule has 1 N–H and O–H groups in total. The van der Waals surface area contributed by atoms with E-state index in [0.29, 0.717) is 13.2 Å². The van der Waals surface area contributed by atoms with Crippen molar-refractivity contribution in [3.63, 3.8) is 0 Å². The molecule has 1 fully saturated rings. The van der Waals surface area contributed by atoms with Crippen molar-refractivity contribution < 1.29 is 32.0 Å². The van der Waals surface area contributed by atoms with Crippen molar-refractivity contribution in [3.8, 4) is 0 Å². The van der Waals surface area contributed by atoms with Crippen molar-refractivity contribution in [2.45, 2.75) is 19.1 Å². The predicted molar refractivity (Wildman–Crippen MR) is 52.5 cm³/mol. The van der Waals surface area contributed by atoms with Gasteiger partial charge in [0.1, 0.15) is 12.7 Å². The van der Waals surface area contributed by atoms with Gasteiger partial charge in [0.25, 0.3) is 10.1 Å². The van der Waals surface area contributed by atoms with Crippen LogP contribution in [0.2, 0.25) is 0 Å². The van der Waals surface area contributed by atoms with Crippen LogP contribution in [0.3, 0.4) is 0 Å². The number of carbonyl (C=O) groups excluding carboxylic acids is 1. The van der Waals surface area contributed by atoms with Gasteiger partial charge in [0.15, 0.2) is 5.75 Å². The SMILES string of the molecule is CC(COC(=O)CS(=O)(=O)O)OCC1CO1. The Labute approximate surface area is 93.4 Å². The molecule has 2 atom stereocenters. The van der Waals surface area contributed by atoms with E-state index in [2.05, 4.69) is 4.74 Å². The van der Waals surface area contributed by atoms with E-state index in [1.54, 1.807) is 6.92 Å². The first-order chi connectivity index (χ1) is 7.37. The number of carbonyl (C=O) groups is 1. The van der Waals surface area contributed by atoms with Crippen LogP contribution < -0.4 is 0 Å². The zero-order chi connectivity index (χ0) is 12.2. The van der Waals surface area contributed by atoms with Gasteiger partial charge in [-0.25, -0.2) is 0 Å². The summed E-state index contributed by atoms with van der Waals surface area (Å²) in [5.74, 6) is -2.04. The summed E-state index contributed by atoms with van der Waals surface area (Å²) in [7, 11) is -4.32. The van der Waals surface area contributed by atoms with Gasteiger partial charge in [-0.15, -0.1) is 0 Å². The first-order valence-electron chi connectivity index (χ1n) is 4.71. The van der Waals surface area contributed by atoms with Crippen molar-refractivity contribution >= 4 is 16.1 Å². The van der Waals surface area contributed by atoms with Gasteiger partial charge in [0.2, 0.25) is 0 Å². The Morgan fingerprint density at radius 3 is 2.75 bits per heavy atom.